The Morgan fingerprint density at radius 1 is 1.46 bits per heavy atom. The van der Waals surface area contributed by atoms with Crippen LogP contribution in [0.2, 0.25) is 0 Å². The molecule has 0 radical (unpaired) electrons. The van der Waals surface area contributed by atoms with Gasteiger partial charge in [-0.25, -0.2) is 4.98 Å². The lowest BCUT2D eigenvalue weighted by atomic mass is 10.2. The lowest BCUT2D eigenvalue weighted by Crippen LogP contribution is -1.92. The second-order valence-corrected chi connectivity index (χ2v) is 4.13. The fourth-order valence-corrected chi connectivity index (χ4v) is 2.19. The first-order valence-corrected chi connectivity index (χ1v) is 5.50. The minimum absolute atomic E-state index is 0.0852. The van der Waals surface area contributed by atoms with Crippen molar-refractivity contribution in [2.45, 2.75) is 40.0 Å². The molecule has 1 aromatic heterocycles. The molecule has 72 valence electrons. The molecule has 0 aliphatic carbocycles. The van der Waals surface area contributed by atoms with Gasteiger partial charge in [0.2, 0.25) is 0 Å². The standard InChI is InChI=1S/C10H15NOS/c1-4-6-8-9(5-2)13-10(11-8)7(3)12/h4-6H2,1-3H3. The zero-order valence-corrected chi connectivity index (χ0v) is 9.20. The maximum absolute atomic E-state index is 11.1. The number of aromatic nitrogens is 1. The van der Waals surface area contributed by atoms with E-state index >= 15 is 0 Å². The minimum Gasteiger partial charge on any atom is -0.292 e. The van der Waals surface area contributed by atoms with Crippen molar-refractivity contribution in [3.63, 3.8) is 0 Å². The molecule has 0 fully saturated rings. The van der Waals surface area contributed by atoms with Crippen molar-refractivity contribution in [3.8, 4) is 0 Å². The lowest BCUT2D eigenvalue weighted by Gasteiger charge is -1.94. The maximum Gasteiger partial charge on any atom is 0.188 e. The summed E-state index contributed by atoms with van der Waals surface area (Å²) in [5.41, 5.74) is 1.13. The molecule has 0 aromatic carbocycles. The summed E-state index contributed by atoms with van der Waals surface area (Å²) in [6, 6.07) is 0. The van der Waals surface area contributed by atoms with Crippen LogP contribution in [0.3, 0.4) is 0 Å². The molecule has 0 saturated carbocycles. The second-order valence-electron chi connectivity index (χ2n) is 3.05. The van der Waals surface area contributed by atoms with Gasteiger partial charge in [-0.05, 0) is 12.8 Å². The summed E-state index contributed by atoms with van der Waals surface area (Å²) < 4.78 is 0. The van der Waals surface area contributed by atoms with Crippen LogP contribution >= 0.6 is 11.3 Å². The molecule has 2 nitrogen and oxygen atoms in total. The van der Waals surface area contributed by atoms with Crippen molar-refractivity contribution < 1.29 is 4.79 Å². The zero-order valence-electron chi connectivity index (χ0n) is 8.39. The van der Waals surface area contributed by atoms with Crippen LogP contribution in [0.4, 0.5) is 0 Å². The van der Waals surface area contributed by atoms with Crippen molar-refractivity contribution in [2.75, 3.05) is 0 Å². The average Bonchev–Trinajstić information content (AvgIpc) is 2.48. The summed E-state index contributed by atoms with van der Waals surface area (Å²) in [5, 5.41) is 0.667. The van der Waals surface area contributed by atoms with Crippen molar-refractivity contribution >= 4 is 17.1 Å². The van der Waals surface area contributed by atoms with Crippen molar-refractivity contribution in [3.05, 3.63) is 15.6 Å². The van der Waals surface area contributed by atoms with Gasteiger partial charge in [-0.15, -0.1) is 11.3 Å². The number of Topliss-reactive ketones (excluding diaryl/α,β-unsaturated/α-hetero) is 1. The predicted octanol–water partition coefficient (Wildman–Crippen LogP) is 2.86. The highest BCUT2D eigenvalue weighted by Crippen LogP contribution is 2.20. The van der Waals surface area contributed by atoms with Crippen molar-refractivity contribution in [1.29, 1.82) is 0 Å². The van der Waals surface area contributed by atoms with Gasteiger partial charge >= 0.3 is 0 Å². The Morgan fingerprint density at radius 3 is 2.62 bits per heavy atom. The quantitative estimate of drug-likeness (QED) is 0.695. The number of nitrogens with zero attached hydrogens (tertiary/aromatic N) is 1. The molecule has 0 spiro atoms. The molecule has 0 amide bonds. The third kappa shape index (κ3) is 2.37. The van der Waals surface area contributed by atoms with Crippen LogP contribution in [0.25, 0.3) is 0 Å². The molecule has 0 N–H and O–H groups in total. The summed E-state index contributed by atoms with van der Waals surface area (Å²) in [6.07, 6.45) is 3.07. The van der Waals surface area contributed by atoms with Crippen LogP contribution < -0.4 is 0 Å². The van der Waals surface area contributed by atoms with Gasteiger partial charge < -0.3 is 0 Å². The molecule has 1 rings (SSSR count). The van der Waals surface area contributed by atoms with Gasteiger partial charge in [0.1, 0.15) is 0 Å². The van der Waals surface area contributed by atoms with Gasteiger partial charge in [0.05, 0.1) is 5.69 Å². The molecule has 1 aromatic rings. The number of ketones is 1. The van der Waals surface area contributed by atoms with E-state index in [1.165, 1.54) is 4.88 Å². The number of hydrogen-bond acceptors (Lipinski definition) is 3. The smallest absolute Gasteiger partial charge is 0.188 e. The lowest BCUT2D eigenvalue weighted by molar-refractivity contribution is 0.101. The van der Waals surface area contributed by atoms with Crippen LogP contribution in [-0.2, 0) is 12.8 Å². The summed E-state index contributed by atoms with van der Waals surface area (Å²) in [6.45, 7) is 5.82. The normalized spacial score (nSPS) is 10.4. The molecule has 0 aliphatic rings. The first-order chi connectivity index (χ1) is 6.19. The SMILES string of the molecule is CCCc1nc(C(C)=O)sc1CC. The molecular weight excluding hydrogens is 182 g/mol. The first kappa shape index (κ1) is 10.4. The van der Waals surface area contributed by atoms with Gasteiger partial charge in [-0.3, -0.25) is 4.79 Å². The summed E-state index contributed by atoms with van der Waals surface area (Å²) in [4.78, 5) is 16.7. The van der Waals surface area contributed by atoms with Crippen LogP contribution in [0.15, 0.2) is 0 Å². The maximum atomic E-state index is 11.1. The van der Waals surface area contributed by atoms with E-state index in [1.807, 2.05) is 0 Å². The van der Waals surface area contributed by atoms with Crippen LogP contribution in [0, 0.1) is 0 Å². The van der Waals surface area contributed by atoms with Gasteiger partial charge in [-0.2, -0.15) is 0 Å². The number of thiazole rings is 1. The minimum atomic E-state index is 0.0852. The van der Waals surface area contributed by atoms with E-state index in [2.05, 4.69) is 18.8 Å². The van der Waals surface area contributed by atoms with E-state index in [0.717, 1.165) is 25.0 Å². The predicted molar refractivity (Wildman–Crippen MR) is 55.5 cm³/mol. The molecule has 0 atom stereocenters. The van der Waals surface area contributed by atoms with E-state index in [1.54, 1.807) is 18.3 Å². The van der Waals surface area contributed by atoms with E-state index in [0.29, 0.717) is 5.01 Å². The number of carbonyl (C=O) groups is 1. The van der Waals surface area contributed by atoms with Gasteiger partial charge in [0.25, 0.3) is 0 Å². The van der Waals surface area contributed by atoms with Gasteiger partial charge in [0.15, 0.2) is 10.8 Å². The third-order valence-corrected chi connectivity index (χ3v) is 3.23. The average molecular weight is 197 g/mol. The Labute approximate surface area is 83.0 Å². The third-order valence-electron chi connectivity index (χ3n) is 1.89. The molecule has 0 unspecified atom stereocenters. The fraction of sp³-hybridized carbons (Fsp3) is 0.600. The Morgan fingerprint density at radius 2 is 2.15 bits per heavy atom. The Kier molecular flexibility index (Phi) is 3.60. The van der Waals surface area contributed by atoms with E-state index in [4.69, 9.17) is 0 Å². The monoisotopic (exact) mass is 197 g/mol. The summed E-state index contributed by atoms with van der Waals surface area (Å²) in [5.74, 6) is 0.0852. The molecular formula is C10H15NOS. The Bertz CT molecular complexity index is 304. The topological polar surface area (TPSA) is 30.0 Å². The highest BCUT2D eigenvalue weighted by Gasteiger charge is 2.11. The molecule has 1 heterocycles. The van der Waals surface area contributed by atoms with Crippen LogP contribution in [-0.4, -0.2) is 10.8 Å². The second kappa shape index (κ2) is 4.51. The highest BCUT2D eigenvalue weighted by atomic mass is 32.1. The van der Waals surface area contributed by atoms with Gasteiger partial charge in [-0.1, -0.05) is 20.3 Å². The number of aryl methyl sites for hydroxylation is 2. The Hall–Kier alpha value is -0.700. The number of carbonyl (C=O) groups excluding carboxylic acids is 1. The summed E-state index contributed by atoms with van der Waals surface area (Å²) >= 11 is 1.55. The summed E-state index contributed by atoms with van der Waals surface area (Å²) in [7, 11) is 0. The van der Waals surface area contributed by atoms with Crippen molar-refractivity contribution in [2.24, 2.45) is 0 Å². The van der Waals surface area contributed by atoms with E-state index in [-0.39, 0.29) is 5.78 Å². The largest absolute Gasteiger partial charge is 0.292 e. The highest BCUT2D eigenvalue weighted by molar-refractivity contribution is 7.13. The van der Waals surface area contributed by atoms with Crippen LogP contribution in [0.5, 0.6) is 0 Å². The fourth-order valence-electron chi connectivity index (χ4n) is 1.24. The Balaban J connectivity index is 2.96. The molecule has 0 bridgehead atoms. The number of hydrogen-bond donors (Lipinski definition) is 0. The zero-order chi connectivity index (χ0) is 9.84. The first-order valence-electron chi connectivity index (χ1n) is 4.68. The molecule has 0 aliphatic heterocycles. The van der Waals surface area contributed by atoms with Gasteiger partial charge in [0, 0.05) is 11.8 Å². The van der Waals surface area contributed by atoms with Crippen molar-refractivity contribution in [1.82, 2.24) is 4.98 Å². The molecule has 0 saturated heterocycles. The molecule has 13 heavy (non-hydrogen) atoms. The number of rotatable bonds is 4. The van der Waals surface area contributed by atoms with E-state index < -0.39 is 0 Å². The molecule has 3 heteroatoms. The van der Waals surface area contributed by atoms with Crippen LogP contribution in [0.1, 0.15) is 47.6 Å². The van der Waals surface area contributed by atoms with E-state index in [9.17, 15) is 4.79 Å².